The maximum Gasteiger partial charge on any atom is 0.294 e. The maximum atomic E-state index is 12.2. The number of hydrogen-bond acceptors (Lipinski definition) is 4. The first-order chi connectivity index (χ1) is 11.6. The molecule has 0 unspecified atom stereocenters. The van der Waals surface area contributed by atoms with Crippen molar-refractivity contribution in [2.45, 2.75) is 13.5 Å². The normalized spacial score (nSPS) is 10.4. The minimum Gasteiger partial charge on any atom is -0.471 e. The molecule has 3 rings (SSSR count). The van der Waals surface area contributed by atoms with E-state index in [2.05, 4.69) is 26.4 Å². The van der Waals surface area contributed by atoms with Gasteiger partial charge in [-0.05, 0) is 41.4 Å². The van der Waals surface area contributed by atoms with E-state index in [4.69, 9.17) is 9.26 Å². The van der Waals surface area contributed by atoms with Crippen LogP contribution < -0.4 is 10.1 Å². The molecule has 0 spiro atoms. The number of hydrogen-bond donors (Lipinski definition) is 1. The van der Waals surface area contributed by atoms with Crippen LogP contribution in [0.25, 0.3) is 0 Å². The quantitative estimate of drug-likeness (QED) is 0.696. The van der Waals surface area contributed by atoms with Crippen LogP contribution in [0.5, 0.6) is 5.88 Å². The molecule has 0 aliphatic carbocycles. The summed E-state index contributed by atoms with van der Waals surface area (Å²) >= 11 is 3.39. The van der Waals surface area contributed by atoms with Gasteiger partial charge in [0.1, 0.15) is 6.61 Å². The summed E-state index contributed by atoms with van der Waals surface area (Å²) in [5.41, 5.74) is 2.67. The molecule has 1 aromatic heterocycles. The molecule has 0 atom stereocenters. The SMILES string of the molecule is Cc1cc(Br)ccc1NC(=O)c1cc(OCc2ccccc2)no1. The number of anilines is 1. The summed E-state index contributed by atoms with van der Waals surface area (Å²) in [6, 6.07) is 16.8. The molecule has 24 heavy (non-hydrogen) atoms. The van der Waals surface area contributed by atoms with Crippen LogP contribution in [0.4, 0.5) is 5.69 Å². The van der Waals surface area contributed by atoms with Gasteiger partial charge in [0, 0.05) is 10.2 Å². The van der Waals surface area contributed by atoms with Gasteiger partial charge in [0.15, 0.2) is 0 Å². The minimum atomic E-state index is -0.373. The Morgan fingerprint density at radius 3 is 2.75 bits per heavy atom. The molecule has 0 aliphatic heterocycles. The van der Waals surface area contributed by atoms with E-state index in [0.29, 0.717) is 12.3 Å². The first kappa shape index (κ1) is 16.3. The lowest BCUT2D eigenvalue weighted by atomic mass is 10.2. The van der Waals surface area contributed by atoms with Gasteiger partial charge in [-0.15, -0.1) is 0 Å². The Morgan fingerprint density at radius 1 is 1.21 bits per heavy atom. The minimum absolute atomic E-state index is 0.0976. The van der Waals surface area contributed by atoms with Gasteiger partial charge >= 0.3 is 0 Å². The molecule has 5 nitrogen and oxygen atoms in total. The van der Waals surface area contributed by atoms with Crippen molar-refractivity contribution in [3.63, 3.8) is 0 Å². The van der Waals surface area contributed by atoms with Crippen LogP contribution in [0.2, 0.25) is 0 Å². The third-order valence-electron chi connectivity index (χ3n) is 3.38. The number of carbonyl (C=O) groups is 1. The van der Waals surface area contributed by atoms with Crippen molar-refractivity contribution in [2.24, 2.45) is 0 Å². The Morgan fingerprint density at radius 2 is 2.00 bits per heavy atom. The van der Waals surface area contributed by atoms with Crippen LogP contribution in [-0.4, -0.2) is 11.1 Å². The monoisotopic (exact) mass is 386 g/mol. The van der Waals surface area contributed by atoms with Crippen LogP contribution >= 0.6 is 15.9 Å². The van der Waals surface area contributed by atoms with Gasteiger partial charge in [-0.1, -0.05) is 46.3 Å². The molecule has 122 valence electrons. The topological polar surface area (TPSA) is 64.4 Å². The molecule has 3 aromatic rings. The van der Waals surface area contributed by atoms with Crippen LogP contribution in [0.3, 0.4) is 0 Å². The average Bonchev–Trinajstić information content (AvgIpc) is 3.05. The summed E-state index contributed by atoms with van der Waals surface area (Å²) in [7, 11) is 0. The fraction of sp³-hybridized carbons (Fsp3) is 0.111. The third-order valence-corrected chi connectivity index (χ3v) is 3.87. The van der Waals surface area contributed by atoms with E-state index < -0.39 is 0 Å². The van der Waals surface area contributed by atoms with E-state index in [1.165, 1.54) is 6.07 Å². The number of amides is 1. The zero-order valence-electron chi connectivity index (χ0n) is 13.0. The van der Waals surface area contributed by atoms with Crippen molar-refractivity contribution in [3.8, 4) is 5.88 Å². The van der Waals surface area contributed by atoms with E-state index in [0.717, 1.165) is 15.6 Å². The second-order valence-corrected chi connectivity index (χ2v) is 6.13. The van der Waals surface area contributed by atoms with Gasteiger partial charge in [-0.25, -0.2) is 0 Å². The van der Waals surface area contributed by atoms with Crippen molar-refractivity contribution < 1.29 is 14.1 Å². The summed E-state index contributed by atoms with van der Waals surface area (Å²) in [4.78, 5) is 12.2. The van der Waals surface area contributed by atoms with E-state index in [1.54, 1.807) is 0 Å². The van der Waals surface area contributed by atoms with Crippen LogP contribution in [-0.2, 0) is 6.61 Å². The average molecular weight is 387 g/mol. The number of nitrogens with one attached hydrogen (secondary N) is 1. The molecule has 1 N–H and O–H groups in total. The summed E-state index contributed by atoms with van der Waals surface area (Å²) in [6.45, 7) is 2.27. The summed E-state index contributed by atoms with van der Waals surface area (Å²) in [6.07, 6.45) is 0. The Hall–Kier alpha value is -2.60. The van der Waals surface area contributed by atoms with Crippen molar-refractivity contribution in [1.29, 1.82) is 0 Å². The number of rotatable bonds is 5. The van der Waals surface area contributed by atoms with Gasteiger partial charge in [0.05, 0.1) is 6.07 Å². The molecule has 1 amide bonds. The lowest BCUT2D eigenvalue weighted by Gasteiger charge is -2.06. The molecule has 0 saturated carbocycles. The van der Waals surface area contributed by atoms with E-state index >= 15 is 0 Å². The number of halogens is 1. The van der Waals surface area contributed by atoms with Crippen molar-refractivity contribution >= 4 is 27.5 Å². The molecule has 0 fully saturated rings. The zero-order chi connectivity index (χ0) is 16.9. The van der Waals surface area contributed by atoms with E-state index in [9.17, 15) is 4.79 Å². The zero-order valence-corrected chi connectivity index (χ0v) is 14.5. The lowest BCUT2D eigenvalue weighted by Crippen LogP contribution is -2.11. The number of benzene rings is 2. The second-order valence-electron chi connectivity index (χ2n) is 5.22. The molecular weight excluding hydrogens is 372 g/mol. The number of nitrogens with zero attached hydrogens (tertiary/aromatic N) is 1. The predicted molar refractivity (Wildman–Crippen MR) is 94.1 cm³/mol. The van der Waals surface area contributed by atoms with Crippen LogP contribution in [0.15, 0.2) is 63.6 Å². The summed E-state index contributed by atoms with van der Waals surface area (Å²) in [5.74, 6) is -0.000560. The van der Waals surface area contributed by atoms with Gasteiger partial charge in [0.2, 0.25) is 5.76 Å². The molecule has 0 aliphatic rings. The smallest absolute Gasteiger partial charge is 0.294 e. The van der Waals surface area contributed by atoms with Crippen LogP contribution in [0, 0.1) is 6.92 Å². The molecule has 0 bridgehead atoms. The number of carbonyl (C=O) groups excluding carboxylic acids is 1. The maximum absolute atomic E-state index is 12.2. The highest BCUT2D eigenvalue weighted by molar-refractivity contribution is 9.10. The standard InChI is InChI=1S/C18H15BrN2O3/c1-12-9-14(19)7-8-15(12)20-18(22)16-10-17(21-24-16)23-11-13-5-3-2-4-6-13/h2-10H,11H2,1H3,(H,20,22). The third kappa shape index (κ3) is 4.02. The Bertz CT molecular complexity index is 846. The van der Waals surface area contributed by atoms with Gasteiger partial charge in [0.25, 0.3) is 11.8 Å². The molecule has 0 saturated heterocycles. The van der Waals surface area contributed by atoms with Gasteiger partial charge in [-0.2, -0.15) is 0 Å². The highest BCUT2D eigenvalue weighted by Gasteiger charge is 2.15. The molecule has 0 radical (unpaired) electrons. The van der Waals surface area contributed by atoms with Crippen molar-refractivity contribution in [1.82, 2.24) is 5.16 Å². The number of aromatic nitrogens is 1. The summed E-state index contributed by atoms with van der Waals surface area (Å²) < 4.78 is 11.5. The Kier molecular flexibility index (Phi) is 4.96. The van der Waals surface area contributed by atoms with Crippen molar-refractivity contribution in [2.75, 3.05) is 5.32 Å². The van der Waals surface area contributed by atoms with Crippen LogP contribution in [0.1, 0.15) is 21.7 Å². The Labute approximate surface area is 147 Å². The Balaban J connectivity index is 1.63. The molecular formula is C18H15BrN2O3. The predicted octanol–water partition coefficient (Wildman–Crippen LogP) is 4.58. The largest absolute Gasteiger partial charge is 0.471 e. The summed E-state index contributed by atoms with van der Waals surface area (Å²) in [5, 5.41) is 6.56. The fourth-order valence-electron chi connectivity index (χ4n) is 2.12. The molecule has 6 heteroatoms. The fourth-order valence-corrected chi connectivity index (χ4v) is 2.59. The van der Waals surface area contributed by atoms with E-state index in [-0.39, 0.29) is 17.5 Å². The number of ether oxygens (including phenoxy) is 1. The highest BCUT2D eigenvalue weighted by Crippen LogP contribution is 2.21. The molecule has 2 aromatic carbocycles. The highest BCUT2D eigenvalue weighted by atomic mass is 79.9. The van der Waals surface area contributed by atoms with Gasteiger partial charge < -0.3 is 14.6 Å². The van der Waals surface area contributed by atoms with Crippen molar-refractivity contribution in [3.05, 3.63) is 76.0 Å². The van der Waals surface area contributed by atoms with Gasteiger partial charge in [-0.3, -0.25) is 4.79 Å². The molecule has 1 heterocycles. The second kappa shape index (κ2) is 7.31. The lowest BCUT2D eigenvalue weighted by molar-refractivity contribution is 0.0987. The first-order valence-electron chi connectivity index (χ1n) is 7.33. The number of aryl methyl sites for hydroxylation is 1. The van der Waals surface area contributed by atoms with E-state index in [1.807, 2.05) is 55.5 Å². The first-order valence-corrected chi connectivity index (χ1v) is 8.12.